The van der Waals surface area contributed by atoms with E-state index in [4.69, 9.17) is 9.47 Å². The molecular weight excluding hydrogens is 663 g/mol. The summed E-state index contributed by atoms with van der Waals surface area (Å²) in [6.07, 6.45) is 5.16. The van der Waals surface area contributed by atoms with Crippen molar-refractivity contribution in [3.63, 3.8) is 0 Å². The van der Waals surface area contributed by atoms with E-state index in [1.165, 1.54) is 48.4 Å². The third kappa shape index (κ3) is 8.89. The van der Waals surface area contributed by atoms with Gasteiger partial charge < -0.3 is 30.5 Å². The summed E-state index contributed by atoms with van der Waals surface area (Å²) < 4.78 is 10.7. The van der Waals surface area contributed by atoms with Crippen molar-refractivity contribution in [2.45, 2.75) is 49.7 Å². The number of ether oxygens (including phenoxy) is 2. The number of phenolic OH excluding ortho intramolecular Hbond substituents is 1. The molecule has 0 bridgehead atoms. The normalized spacial score (nSPS) is 13.1. The summed E-state index contributed by atoms with van der Waals surface area (Å²) in [6, 6.07) is 19.9. The summed E-state index contributed by atoms with van der Waals surface area (Å²) in [5.74, 6) is -1.47. The fraction of sp³-hybridized carbons (Fsp3) is 0.243. The first-order chi connectivity index (χ1) is 23.7. The Morgan fingerprint density at radius 3 is 2.51 bits per heavy atom. The third-order valence-corrected chi connectivity index (χ3v) is 10.0. The molecule has 1 heterocycles. The van der Waals surface area contributed by atoms with Gasteiger partial charge in [-0.2, -0.15) is 0 Å². The summed E-state index contributed by atoms with van der Waals surface area (Å²) in [7, 11) is 1.44. The van der Waals surface area contributed by atoms with Crippen LogP contribution in [0, 0.1) is 0 Å². The second-order valence-electron chi connectivity index (χ2n) is 11.2. The molecule has 0 saturated heterocycles. The van der Waals surface area contributed by atoms with Gasteiger partial charge in [-0.3, -0.25) is 14.4 Å². The average Bonchev–Trinajstić information content (AvgIpc) is 3.47. The van der Waals surface area contributed by atoms with E-state index in [1.807, 2.05) is 6.07 Å². The van der Waals surface area contributed by atoms with Crippen molar-refractivity contribution in [1.29, 1.82) is 0 Å². The molecule has 1 aromatic heterocycles. The van der Waals surface area contributed by atoms with Crippen LogP contribution in [0.15, 0.2) is 83.4 Å². The predicted molar refractivity (Wildman–Crippen MR) is 192 cm³/mol. The van der Waals surface area contributed by atoms with Gasteiger partial charge >= 0.3 is 5.97 Å². The van der Waals surface area contributed by atoms with Crippen molar-refractivity contribution in [2.75, 3.05) is 24.4 Å². The summed E-state index contributed by atoms with van der Waals surface area (Å²) in [5.41, 5.74) is 2.65. The molecule has 49 heavy (non-hydrogen) atoms. The van der Waals surface area contributed by atoms with Crippen molar-refractivity contribution in [1.82, 2.24) is 5.32 Å². The van der Waals surface area contributed by atoms with Crippen molar-refractivity contribution in [3.05, 3.63) is 106 Å². The molecular formula is C37H37N3O7S2. The maximum atomic E-state index is 13.6. The number of methoxy groups -OCH3 is 1. The van der Waals surface area contributed by atoms with Crippen molar-refractivity contribution in [2.24, 2.45) is 0 Å². The smallest absolute Gasteiger partial charge is 0.341 e. The highest BCUT2D eigenvalue weighted by atomic mass is 32.2. The van der Waals surface area contributed by atoms with E-state index < -0.39 is 23.0 Å². The maximum Gasteiger partial charge on any atom is 0.341 e. The SMILES string of the molecule is CCOC(=O)c1c(NC(=O)C(C)Sc2cccc(NC(=O)/C(=C\c3ccc(O)cc3OC)NC(=O)c3ccccc3)c2)sc2c1CCCC2. The summed E-state index contributed by atoms with van der Waals surface area (Å²) >= 11 is 2.74. The molecule has 254 valence electrons. The summed E-state index contributed by atoms with van der Waals surface area (Å²) in [4.78, 5) is 54.7. The lowest BCUT2D eigenvalue weighted by atomic mass is 9.95. The molecule has 0 aliphatic heterocycles. The molecule has 0 spiro atoms. The van der Waals surface area contributed by atoms with Crippen LogP contribution >= 0.6 is 23.1 Å². The topological polar surface area (TPSA) is 143 Å². The lowest BCUT2D eigenvalue weighted by Gasteiger charge is -2.15. The highest BCUT2D eigenvalue weighted by Gasteiger charge is 2.28. The molecule has 0 radical (unpaired) electrons. The largest absolute Gasteiger partial charge is 0.508 e. The maximum absolute atomic E-state index is 13.6. The minimum atomic E-state index is -0.597. The number of aryl methyl sites for hydroxylation is 1. The molecule has 1 aliphatic carbocycles. The Labute approximate surface area is 292 Å². The molecule has 1 atom stereocenters. The van der Waals surface area contributed by atoms with Gasteiger partial charge in [0.1, 0.15) is 22.2 Å². The first-order valence-corrected chi connectivity index (χ1v) is 17.5. The van der Waals surface area contributed by atoms with Gasteiger partial charge in [0, 0.05) is 32.7 Å². The monoisotopic (exact) mass is 699 g/mol. The number of benzene rings is 3. The van der Waals surface area contributed by atoms with E-state index in [1.54, 1.807) is 68.4 Å². The van der Waals surface area contributed by atoms with Crippen LogP contribution in [0.4, 0.5) is 10.7 Å². The minimum absolute atomic E-state index is 0.0144. The van der Waals surface area contributed by atoms with E-state index in [2.05, 4.69) is 16.0 Å². The molecule has 4 N–H and O–H groups in total. The van der Waals surface area contributed by atoms with Crippen molar-refractivity contribution < 1.29 is 33.8 Å². The van der Waals surface area contributed by atoms with Gasteiger partial charge in [0.05, 0.1) is 24.5 Å². The van der Waals surface area contributed by atoms with Crippen LogP contribution in [0.5, 0.6) is 11.5 Å². The van der Waals surface area contributed by atoms with Crippen LogP contribution in [0.3, 0.4) is 0 Å². The van der Waals surface area contributed by atoms with Crippen molar-refractivity contribution >= 4 is 63.6 Å². The molecule has 4 aromatic rings. The highest BCUT2D eigenvalue weighted by Crippen LogP contribution is 2.39. The number of thiophene rings is 1. The second kappa shape index (κ2) is 16.4. The summed E-state index contributed by atoms with van der Waals surface area (Å²) in [5, 5.41) is 18.4. The number of esters is 1. The van der Waals surface area contributed by atoms with E-state index in [0.717, 1.165) is 41.0 Å². The highest BCUT2D eigenvalue weighted by molar-refractivity contribution is 8.00. The van der Waals surface area contributed by atoms with E-state index >= 15 is 0 Å². The zero-order valence-electron chi connectivity index (χ0n) is 27.3. The lowest BCUT2D eigenvalue weighted by Crippen LogP contribution is -2.30. The first-order valence-electron chi connectivity index (χ1n) is 15.8. The van der Waals surface area contributed by atoms with E-state index in [9.17, 15) is 24.3 Å². The number of carbonyl (C=O) groups excluding carboxylic acids is 4. The standard InChI is InChI=1S/C37H37N3O7S2/c1-4-47-37(45)32-28-15-8-9-16-31(28)49-36(32)40-33(42)22(2)48-27-14-10-13-25(20-27)38-35(44)29(39-34(43)23-11-6-5-7-12-23)19-24-17-18-26(41)21-30(24)46-3/h5-7,10-14,17-22,41H,4,8-9,15-16H2,1-3H3,(H,38,44)(H,39,43)(H,40,42)/b29-19+. The number of nitrogens with one attached hydrogen (secondary N) is 3. The number of hydrogen-bond acceptors (Lipinski definition) is 9. The van der Waals surface area contributed by atoms with Gasteiger partial charge in [0.2, 0.25) is 5.91 Å². The van der Waals surface area contributed by atoms with Crippen LogP contribution in [0.25, 0.3) is 6.08 Å². The number of rotatable bonds is 12. The van der Waals surface area contributed by atoms with E-state index in [0.29, 0.717) is 33.1 Å². The molecule has 5 rings (SSSR count). The predicted octanol–water partition coefficient (Wildman–Crippen LogP) is 7.05. The molecule has 1 unspecified atom stereocenters. The fourth-order valence-corrected chi connectivity index (χ4v) is 7.51. The second-order valence-corrected chi connectivity index (χ2v) is 13.7. The number of fused-ring (bicyclic) bond motifs is 1. The Morgan fingerprint density at radius 2 is 1.76 bits per heavy atom. The average molecular weight is 700 g/mol. The van der Waals surface area contributed by atoms with Gasteiger partial charge in [-0.25, -0.2) is 4.79 Å². The molecule has 0 fully saturated rings. The number of amides is 3. The third-order valence-electron chi connectivity index (χ3n) is 7.71. The van der Waals surface area contributed by atoms with Crippen LogP contribution < -0.4 is 20.7 Å². The minimum Gasteiger partial charge on any atom is -0.508 e. The summed E-state index contributed by atoms with van der Waals surface area (Å²) in [6.45, 7) is 3.78. The number of hydrogen-bond donors (Lipinski definition) is 4. The molecule has 1 aliphatic rings. The molecule has 3 amide bonds. The van der Waals surface area contributed by atoms with Gasteiger partial charge in [-0.15, -0.1) is 23.1 Å². The van der Waals surface area contributed by atoms with Crippen LogP contribution in [0.2, 0.25) is 0 Å². The molecule has 12 heteroatoms. The van der Waals surface area contributed by atoms with Crippen LogP contribution in [0.1, 0.15) is 63.4 Å². The number of aromatic hydroxyl groups is 1. The zero-order valence-corrected chi connectivity index (χ0v) is 29.0. The quantitative estimate of drug-likeness (QED) is 0.0701. The van der Waals surface area contributed by atoms with E-state index in [-0.39, 0.29) is 24.0 Å². The number of carbonyl (C=O) groups is 4. The van der Waals surface area contributed by atoms with Gasteiger partial charge in [-0.05, 0) is 93.6 Å². The Bertz CT molecular complexity index is 1890. The Morgan fingerprint density at radius 1 is 0.980 bits per heavy atom. The lowest BCUT2D eigenvalue weighted by molar-refractivity contribution is -0.115. The fourth-order valence-electron chi connectivity index (χ4n) is 5.31. The Hall–Kier alpha value is -5.07. The Kier molecular flexibility index (Phi) is 11.8. The van der Waals surface area contributed by atoms with Gasteiger partial charge in [0.15, 0.2) is 0 Å². The van der Waals surface area contributed by atoms with Crippen LogP contribution in [-0.2, 0) is 27.2 Å². The number of thioether (sulfide) groups is 1. The molecule has 10 nitrogen and oxygen atoms in total. The molecule has 3 aromatic carbocycles. The van der Waals surface area contributed by atoms with Gasteiger partial charge in [0.25, 0.3) is 11.8 Å². The van der Waals surface area contributed by atoms with Crippen molar-refractivity contribution in [3.8, 4) is 11.5 Å². The zero-order chi connectivity index (χ0) is 34.9. The van der Waals surface area contributed by atoms with Crippen LogP contribution in [-0.4, -0.2) is 47.8 Å². The first kappa shape index (κ1) is 35.2. The molecule has 0 saturated carbocycles. The Balaban J connectivity index is 1.32. The number of phenols is 1. The number of anilines is 2. The van der Waals surface area contributed by atoms with Gasteiger partial charge in [-0.1, -0.05) is 24.3 Å².